The van der Waals surface area contributed by atoms with E-state index in [0.29, 0.717) is 46.3 Å². The molecule has 1 aromatic carbocycles. The molecule has 3 aliphatic rings. The number of aliphatic hydroxyl groups is 1. The SMILES string of the molecule is CC[C@@]1(O)C(=O)OCc2c1cc1n(c2=O)Cc2c-1nc1c(OS(C)(=O)=O)c(F)c(C)c3c1c2[C@@H](N)CC3. The molecule has 194 valence electrons. The number of carbonyl (C=O) groups excluding carboxylic acids is 1. The topological polar surface area (TPSA) is 151 Å². The van der Waals surface area contributed by atoms with Gasteiger partial charge in [-0.25, -0.2) is 14.2 Å². The van der Waals surface area contributed by atoms with Crippen molar-refractivity contribution in [2.24, 2.45) is 5.73 Å². The van der Waals surface area contributed by atoms with E-state index in [4.69, 9.17) is 14.7 Å². The lowest BCUT2D eigenvalue weighted by atomic mass is 9.82. The van der Waals surface area contributed by atoms with Crippen LogP contribution in [0.2, 0.25) is 0 Å². The van der Waals surface area contributed by atoms with Gasteiger partial charge in [-0.3, -0.25) is 4.79 Å². The molecule has 0 amide bonds. The molecule has 10 nitrogen and oxygen atoms in total. The third-order valence-corrected chi connectivity index (χ3v) is 8.22. The molecule has 0 fully saturated rings. The summed E-state index contributed by atoms with van der Waals surface area (Å²) in [6.45, 7) is 3.02. The average Bonchev–Trinajstić information content (AvgIpc) is 3.21. The van der Waals surface area contributed by atoms with Gasteiger partial charge in [0.2, 0.25) is 5.75 Å². The molecule has 3 aromatic rings. The van der Waals surface area contributed by atoms with Gasteiger partial charge in [-0.2, -0.15) is 8.42 Å². The number of hydrogen-bond acceptors (Lipinski definition) is 9. The summed E-state index contributed by atoms with van der Waals surface area (Å²) >= 11 is 0. The summed E-state index contributed by atoms with van der Waals surface area (Å²) in [7, 11) is -4.11. The van der Waals surface area contributed by atoms with E-state index in [1.807, 2.05) is 0 Å². The van der Waals surface area contributed by atoms with E-state index < -0.39 is 44.9 Å². The van der Waals surface area contributed by atoms with E-state index in [1.165, 1.54) is 10.6 Å². The minimum absolute atomic E-state index is 0.00351. The van der Waals surface area contributed by atoms with E-state index in [9.17, 15) is 23.1 Å². The van der Waals surface area contributed by atoms with Gasteiger partial charge in [0.05, 0.1) is 29.8 Å². The first kappa shape index (κ1) is 24.0. The van der Waals surface area contributed by atoms with E-state index in [-0.39, 0.29) is 41.8 Å². The van der Waals surface area contributed by atoms with Crippen LogP contribution in [0, 0.1) is 12.7 Å². The molecule has 6 rings (SSSR count). The number of nitrogens with two attached hydrogens (primary N) is 1. The molecular formula is C25H24FN3O7S. The zero-order valence-electron chi connectivity index (χ0n) is 20.3. The highest BCUT2D eigenvalue weighted by Crippen LogP contribution is 2.48. The summed E-state index contributed by atoms with van der Waals surface area (Å²) in [5, 5.41) is 11.6. The van der Waals surface area contributed by atoms with Gasteiger partial charge in [0.25, 0.3) is 5.56 Å². The lowest BCUT2D eigenvalue weighted by Crippen LogP contribution is -2.44. The minimum atomic E-state index is -4.11. The number of pyridine rings is 2. The number of fused-ring (bicyclic) bond motifs is 5. The number of benzene rings is 1. The van der Waals surface area contributed by atoms with Crippen LogP contribution in [0.1, 0.15) is 59.2 Å². The fourth-order valence-corrected chi connectivity index (χ4v) is 6.34. The van der Waals surface area contributed by atoms with Crippen LogP contribution in [-0.2, 0) is 44.8 Å². The zero-order chi connectivity index (χ0) is 26.6. The van der Waals surface area contributed by atoms with Crippen molar-refractivity contribution >= 4 is 27.0 Å². The van der Waals surface area contributed by atoms with E-state index in [0.717, 1.165) is 6.26 Å². The third kappa shape index (κ3) is 3.15. The van der Waals surface area contributed by atoms with Crippen LogP contribution < -0.4 is 15.5 Å². The number of cyclic esters (lactones) is 1. The Hall–Kier alpha value is -3.35. The molecule has 0 bridgehead atoms. The van der Waals surface area contributed by atoms with Crippen molar-refractivity contribution in [3.8, 4) is 17.1 Å². The third-order valence-electron chi connectivity index (χ3n) is 7.75. The van der Waals surface area contributed by atoms with Crippen molar-refractivity contribution in [1.82, 2.24) is 9.55 Å². The molecule has 2 aliphatic heterocycles. The summed E-state index contributed by atoms with van der Waals surface area (Å²) in [6.07, 6.45) is 1.79. The van der Waals surface area contributed by atoms with Crippen LogP contribution in [0.5, 0.6) is 5.75 Å². The number of aryl methyl sites for hydroxylation is 1. The zero-order valence-corrected chi connectivity index (χ0v) is 21.2. The van der Waals surface area contributed by atoms with Gasteiger partial charge in [0, 0.05) is 22.6 Å². The maximum Gasteiger partial charge on any atom is 0.343 e. The van der Waals surface area contributed by atoms with Crippen LogP contribution in [-0.4, -0.2) is 35.3 Å². The number of nitrogens with zero attached hydrogens (tertiary/aromatic N) is 2. The molecule has 0 spiro atoms. The smallest absolute Gasteiger partial charge is 0.343 e. The maximum atomic E-state index is 15.5. The van der Waals surface area contributed by atoms with Gasteiger partial charge in [0.1, 0.15) is 12.1 Å². The molecule has 2 aromatic heterocycles. The molecular weight excluding hydrogens is 505 g/mol. The number of rotatable bonds is 3. The van der Waals surface area contributed by atoms with E-state index >= 15 is 4.39 Å². The quantitative estimate of drug-likeness (QED) is 0.299. The van der Waals surface area contributed by atoms with Crippen LogP contribution in [0.25, 0.3) is 22.3 Å². The molecule has 0 unspecified atom stereocenters. The first-order chi connectivity index (χ1) is 17.4. The molecule has 0 saturated heterocycles. The Morgan fingerprint density at radius 2 is 2.05 bits per heavy atom. The summed E-state index contributed by atoms with van der Waals surface area (Å²) in [6, 6.07) is 1.06. The number of aromatic nitrogens is 2. The monoisotopic (exact) mass is 529 g/mol. The molecule has 0 saturated carbocycles. The lowest BCUT2D eigenvalue weighted by molar-refractivity contribution is -0.172. The first-order valence-corrected chi connectivity index (χ1v) is 13.7. The predicted molar refractivity (Wildman–Crippen MR) is 130 cm³/mol. The Morgan fingerprint density at radius 3 is 2.73 bits per heavy atom. The van der Waals surface area contributed by atoms with Crippen molar-refractivity contribution in [2.75, 3.05) is 6.26 Å². The molecule has 37 heavy (non-hydrogen) atoms. The number of esters is 1. The number of halogens is 1. The number of ether oxygens (including phenoxy) is 1. The molecule has 0 radical (unpaired) electrons. The summed E-state index contributed by atoms with van der Waals surface area (Å²) in [5.74, 6) is -2.20. The second-order valence-electron chi connectivity index (χ2n) is 9.86. The van der Waals surface area contributed by atoms with Gasteiger partial charge >= 0.3 is 16.1 Å². The summed E-state index contributed by atoms with van der Waals surface area (Å²) in [5.41, 5.74) is 7.25. The average molecular weight is 530 g/mol. The fraction of sp³-hybridized carbons (Fsp3) is 0.400. The minimum Gasteiger partial charge on any atom is -0.458 e. The maximum absolute atomic E-state index is 15.5. The highest BCUT2D eigenvalue weighted by Gasteiger charge is 2.46. The lowest BCUT2D eigenvalue weighted by Gasteiger charge is -2.31. The Balaban J connectivity index is 1.73. The van der Waals surface area contributed by atoms with Crippen molar-refractivity contribution in [1.29, 1.82) is 0 Å². The van der Waals surface area contributed by atoms with Gasteiger partial charge in [-0.15, -0.1) is 0 Å². The molecule has 4 heterocycles. The number of carbonyl (C=O) groups is 1. The van der Waals surface area contributed by atoms with Crippen molar-refractivity contribution in [3.05, 3.63) is 55.6 Å². The van der Waals surface area contributed by atoms with Gasteiger partial charge < -0.3 is 24.3 Å². The number of hydrogen-bond donors (Lipinski definition) is 2. The largest absolute Gasteiger partial charge is 0.458 e. The summed E-state index contributed by atoms with van der Waals surface area (Å²) in [4.78, 5) is 30.6. The van der Waals surface area contributed by atoms with Crippen LogP contribution in [0.4, 0.5) is 4.39 Å². The molecule has 2 atom stereocenters. The Labute approximate surface area is 211 Å². The highest BCUT2D eigenvalue weighted by molar-refractivity contribution is 7.86. The van der Waals surface area contributed by atoms with Crippen molar-refractivity contribution < 1.29 is 31.6 Å². The van der Waals surface area contributed by atoms with E-state index in [1.54, 1.807) is 13.8 Å². The van der Waals surface area contributed by atoms with E-state index in [2.05, 4.69) is 4.98 Å². The van der Waals surface area contributed by atoms with Gasteiger partial charge in [-0.05, 0) is 48.9 Å². The normalized spacial score (nSPS) is 21.9. The van der Waals surface area contributed by atoms with Crippen LogP contribution in [0.3, 0.4) is 0 Å². The predicted octanol–water partition coefficient (Wildman–Crippen LogP) is 1.81. The van der Waals surface area contributed by atoms with Crippen molar-refractivity contribution in [3.63, 3.8) is 0 Å². The molecule has 1 aliphatic carbocycles. The Bertz CT molecular complexity index is 1750. The first-order valence-electron chi connectivity index (χ1n) is 11.9. The standard InChI is InChI=1S/C25H24FN3O7S/c1-4-25(32)14-7-16-20-12(8-29(16)23(30)13(14)9-35-24(25)31)17-15(27)6-5-11-10(2)19(26)22(36-37(3,33)34)21(28-20)18(11)17/h7,15,32H,4-6,8-9,27H2,1-3H3/t15-,25-/m0/s1. The second kappa shape index (κ2) is 7.59. The summed E-state index contributed by atoms with van der Waals surface area (Å²) < 4.78 is 51.2. The van der Waals surface area contributed by atoms with Crippen LogP contribution >= 0.6 is 0 Å². The second-order valence-corrected chi connectivity index (χ2v) is 11.4. The van der Waals surface area contributed by atoms with Gasteiger partial charge in [-0.1, -0.05) is 6.92 Å². The van der Waals surface area contributed by atoms with Gasteiger partial charge in [0.15, 0.2) is 11.4 Å². The molecule has 3 N–H and O–H groups in total. The Morgan fingerprint density at radius 1 is 1.32 bits per heavy atom. The van der Waals surface area contributed by atoms with Crippen molar-refractivity contribution in [2.45, 2.75) is 57.9 Å². The molecule has 12 heteroatoms. The van der Waals surface area contributed by atoms with Crippen LogP contribution in [0.15, 0.2) is 10.9 Å². The highest BCUT2D eigenvalue weighted by atomic mass is 32.2. The fourth-order valence-electron chi connectivity index (χ4n) is 5.88. The Kier molecular flexibility index (Phi) is 4.93.